The van der Waals surface area contributed by atoms with Crippen molar-refractivity contribution in [3.05, 3.63) is 62.4 Å². The predicted octanol–water partition coefficient (Wildman–Crippen LogP) is 1.38. The lowest BCUT2D eigenvalue weighted by Gasteiger charge is -2.10. The summed E-state index contributed by atoms with van der Waals surface area (Å²) in [5.41, 5.74) is -0.801. The molecule has 0 spiro atoms. The summed E-state index contributed by atoms with van der Waals surface area (Å²) in [6.07, 6.45) is 1.19. The van der Waals surface area contributed by atoms with Crippen LogP contribution in [0.25, 0.3) is 0 Å². The van der Waals surface area contributed by atoms with Gasteiger partial charge in [0.2, 0.25) is 5.91 Å². The highest BCUT2D eigenvalue weighted by Gasteiger charge is 2.15. The quantitative estimate of drug-likeness (QED) is 0.774. The molecule has 8 heteroatoms. The number of hydrogen-bond donors (Lipinski definition) is 1. The number of amides is 1. The third kappa shape index (κ3) is 4.39. The minimum atomic E-state index is -0.790. The first kappa shape index (κ1) is 19.8. The van der Waals surface area contributed by atoms with Crippen molar-refractivity contribution in [2.24, 2.45) is 5.92 Å². The molecule has 1 heterocycles. The fraction of sp³-hybridized carbons (Fsp3) is 0.316. The predicted molar refractivity (Wildman–Crippen MR) is 99.6 cm³/mol. The highest BCUT2D eigenvalue weighted by molar-refractivity contribution is 5.97. The van der Waals surface area contributed by atoms with Crippen molar-refractivity contribution >= 4 is 17.4 Å². The molecule has 0 bridgehead atoms. The average molecular weight is 368 g/mol. The van der Waals surface area contributed by atoms with E-state index in [-0.39, 0.29) is 29.5 Å². The van der Waals surface area contributed by atoms with Gasteiger partial charge in [0, 0.05) is 29.9 Å². The van der Waals surface area contributed by atoms with Gasteiger partial charge in [-0.2, -0.15) is 5.26 Å². The Bertz CT molecular complexity index is 1020. The van der Waals surface area contributed by atoms with Crippen molar-refractivity contribution in [2.75, 3.05) is 5.32 Å². The number of nitrogens with zero attached hydrogens (tertiary/aromatic N) is 3. The van der Waals surface area contributed by atoms with Gasteiger partial charge in [0.1, 0.15) is 11.6 Å². The summed E-state index contributed by atoms with van der Waals surface area (Å²) >= 11 is 0. The number of carbonyl (C=O) groups excluding carboxylic acids is 2. The molecule has 0 saturated carbocycles. The van der Waals surface area contributed by atoms with E-state index in [4.69, 9.17) is 5.26 Å². The molecule has 27 heavy (non-hydrogen) atoms. The van der Waals surface area contributed by atoms with Crippen LogP contribution >= 0.6 is 0 Å². The number of rotatable bonds is 6. The number of hydrogen-bond acceptors (Lipinski definition) is 5. The monoisotopic (exact) mass is 368 g/mol. The summed E-state index contributed by atoms with van der Waals surface area (Å²) < 4.78 is 1.97. The molecule has 0 saturated heterocycles. The van der Waals surface area contributed by atoms with Crippen molar-refractivity contribution < 1.29 is 9.59 Å². The van der Waals surface area contributed by atoms with E-state index in [9.17, 15) is 19.2 Å². The number of anilines is 1. The van der Waals surface area contributed by atoms with Crippen LogP contribution in [-0.2, 0) is 17.9 Å². The minimum absolute atomic E-state index is 0.144. The first-order valence-electron chi connectivity index (χ1n) is 8.47. The molecule has 0 aliphatic rings. The van der Waals surface area contributed by atoms with E-state index in [1.54, 1.807) is 39.0 Å². The summed E-state index contributed by atoms with van der Waals surface area (Å²) in [6, 6.07) is 7.91. The number of aryl methyl sites for hydroxylation is 1. The first-order valence-corrected chi connectivity index (χ1v) is 8.47. The van der Waals surface area contributed by atoms with E-state index in [1.807, 2.05) is 0 Å². The Labute approximate surface area is 155 Å². The van der Waals surface area contributed by atoms with Gasteiger partial charge >= 0.3 is 5.69 Å². The van der Waals surface area contributed by atoms with Gasteiger partial charge in [-0.1, -0.05) is 13.8 Å². The zero-order valence-corrected chi connectivity index (χ0v) is 15.4. The van der Waals surface area contributed by atoms with Crippen LogP contribution in [0.4, 0.5) is 5.69 Å². The molecule has 0 aliphatic carbocycles. The molecule has 1 N–H and O–H groups in total. The first-order chi connectivity index (χ1) is 12.8. The van der Waals surface area contributed by atoms with Gasteiger partial charge in [0.15, 0.2) is 5.78 Å². The van der Waals surface area contributed by atoms with Crippen LogP contribution < -0.4 is 16.6 Å². The van der Waals surface area contributed by atoms with Crippen molar-refractivity contribution in [1.82, 2.24) is 9.13 Å². The molecule has 0 radical (unpaired) electrons. The lowest BCUT2D eigenvalue weighted by Crippen LogP contribution is -2.42. The second kappa shape index (κ2) is 8.27. The fourth-order valence-electron chi connectivity index (χ4n) is 2.36. The summed E-state index contributed by atoms with van der Waals surface area (Å²) in [7, 11) is 0. The van der Waals surface area contributed by atoms with Gasteiger partial charge in [0.25, 0.3) is 5.56 Å². The van der Waals surface area contributed by atoms with Crippen molar-refractivity contribution in [1.29, 1.82) is 5.26 Å². The number of carbonyl (C=O) groups is 2. The molecule has 0 fully saturated rings. The van der Waals surface area contributed by atoms with E-state index in [2.05, 4.69) is 5.32 Å². The topological polar surface area (TPSA) is 114 Å². The van der Waals surface area contributed by atoms with Crippen LogP contribution in [0, 0.1) is 17.2 Å². The Morgan fingerprint density at radius 3 is 2.33 bits per heavy atom. The van der Waals surface area contributed by atoms with Gasteiger partial charge in [0.05, 0.1) is 6.54 Å². The van der Waals surface area contributed by atoms with Crippen molar-refractivity contribution in [3.8, 4) is 6.07 Å². The molecule has 0 aliphatic heterocycles. The Hall–Kier alpha value is -3.47. The molecule has 0 unspecified atom stereocenters. The van der Waals surface area contributed by atoms with Crippen LogP contribution in [0.2, 0.25) is 0 Å². The van der Waals surface area contributed by atoms with Gasteiger partial charge in [-0.25, -0.2) is 4.79 Å². The molecule has 0 atom stereocenters. The maximum absolute atomic E-state index is 12.5. The number of nitriles is 1. The Morgan fingerprint density at radius 2 is 1.81 bits per heavy atom. The molecule has 1 aromatic heterocycles. The Kier molecular flexibility index (Phi) is 6.08. The molecular weight excluding hydrogens is 348 g/mol. The maximum Gasteiger partial charge on any atom is 0.331 e. The zero-order valence-electron chi connectivity index (χ0n) is 15.4. The third-order valence-electron chi connectivity index (χ3n) is 4.00. The molecule has 140 valence electrons. The SMILES string of the molecule is CCn1cc(C#N)c(=O)n(CC(=O)c2ccc(NC(=O)C(C)C)cc2)c1=O. The van der Waals surface area contributed by atoms with Crippen molar-refractivity contribution in [3.63, 3.8) is 0 Å². The average Bonchev–Trinajstić information content (AvgIpc) is 2.65. The van der Waals surface area contributed by atoms with E-state index in [1.165, 1.54) is 22.9 Å². The van der Waals surface area contributed by atoms with E-state index in [0.29, 0.717) is 5.69 Å². The number of aromatic nitrogens is 2. The standard InChI is InChI=1S/C19H20N4O4/c1-4-22-10-14(9-20)18(26)23(19(22)27)11-16(24)13-5-7-15(8-6-13)21-17(25)12(2)3/h5-8,10,12H,4,11H2,1-3H3,(H,21,25). The molecule has 1 amide bonds. The zero-order chi connectivity index (χ0) is 20.1. The summed E-state index contributed by atoms with van der Waals surface area (Å²) in [5, 5.41) is 11.8. The van der Waals surface area contributed by atoms with Crippen LogP contribution in [0.3, 0.4) is 0 Å². The van der Waals surface area contributed by atoms with E-state index in [0.717, 1.165) is 4.57 Å². The summed E-state index contributed by atoms with van der Waals surface area (Å²) in [4.78, 5) is 48.7. The fourth-order valence-corrected chi connectivity index (χ4v) is 2.36. The third-order valence-corrected chi connectivity index (χ3v) is 4.00. The van der Waals surface area contributed by atoms with Crippen LogP contribution in [-0.4, -0.2) is 20.8 Å². The number of nitrogens with one attached hydrogen (secondary N) is 1. The largest absolute Gasteiger partial charge is 0.331 e. The molecule has 8 nitrogen and oxygen atoms in total. The Balaban J connectivity index is 2.28. The van der Waals surface area contributed by atoms with Crippen LogP contribution in [0.15, 0.2) is 40.1 Å². The second-order valence-corrected chi connectivity index (χ2v) is 6.26. The minimum Gasteiger partial charge on any atom is -0.326 e. The Morgan fingerprint density at radius 1 is 1.19 bits per heavy atom. The number of Topliss-reactive ketones (excluding diaryl/α,β-unsaturated/α-hetero) is 1. The lowest BCUT2D eigenvalue weighted by molar-refractivity contribution is -0.118. The van der Waals surface area contributed by atoms with Gasteiger partial charge in [-0.3, -0.25) is 23.5 Å². The van der Waals surface area contributed by atoms with E-state index < -0.39 is 23.6 Å². The van der Waals surface area contributed by atoms with Gasteiger partial charge < -0.3 is 5.32 Å². The number of ketones is 1. The highest BCUT2D eigenvalue weighted by atomic mass is 16.2. The van der Waals surface area contributed by atoms with Crippen molar-refractivity contribution in [2.45, 2.75) is 33.9 Å². The summed E-state index contributed by atoms with van der Waals surface area (Å²) in [5.74, 6) is -0.769. The molecule has 1 aromatic carbocycles. The summed E-state index contributed by atoms with van der Waals surface area (Å²) in [6.45, 7) is 5.04. The second-order valence-electron chi connectivity index (χ2n) is 6.26. The maximum atomic E-state index is 12.5. The molecular formula is C19H20N4O4. The van der Waals surface area contributed by atoms with Crippen LogP contribution in [0.5, 0.6) is 0 Å². The molecule has 2 rings (SSSR count). The molecule has 2 aromatic rings. The van der Waals surface area contributed by atoms with Gasteiger partial charge in [-0.15, -0.1) is 0 Å². The van der Waals surface area contributed by atoms with Crippen LogP contribution in [0.1, 0.15) is 36.7 Å². The van der Waals surface area contributed by atoms with Gasteiger partial charge in [-0.05, 0) is 31.2 Å². The highest BCUT2D eigenvalue weighted by Crippen LogP contribution is 2.12. The smallest absolute Gasteiger partial charge is 0.326 e. The normalized spacial score (nSPS) is 10.5. The van der Waals surface area contributed by atoms with E-state index >= 15 is 0 Å². The lowest BCUT2D eigenvalue weighted by atomic mass is 10.1. The number of benzene rings is 1.